The number of hydrogen-bond donors (Lipinski definition) is 1. The van der Waals surface area contributed by atoms with Crippen LogP contribution in [0.2, 0.25) is 0 Å². The molecule has 0 unspecified atom stereocenters. The van der Waals surface area contributed by atoms with Crippen LogP contribution >= 0.6 is 0 Å². The van der Waals surface area contributed by atoms with Crippen molar-refractivity contribution in [1.82, 2.24) is 14.7 Å². The van der Waals surface area contributed by atoms with E-state index in [2.05, 4.69) is 10.2 Å². The molecule has 0 spiro atoms. The quantitative estimate of drug-likeness (QED) is 0.690. The fourth-order valence-corrected chi connectivity index (χ4v) is 4.61. The summed E-state index contributed by atoms with van der Waals surface area (Å²) in [5.74, 6) is 0.460. The molecule has 0 atom stereocenters. The van der Waals surface area contributed by atoms with Crippen molar-refractivity contribution in [1.29, 1.82) is 0 Å². The number of benzene rings is 2. The highest BCUT2D eigenvalue weighted by molar-refractivity contribution is 6.09. The Balaban J connectivity index is 1.33. The molecule has 4 rings (SSSR count). The zero-order valence-corrected chi connectivity index (χ0v) is 20.4. The molecule has 2 aromatic carbocycles. The van der Waals surface area contributed by atoms with Crippen LogP contribution in [0.15, 0.2) is 48.5 Å². The van der Waals surface area contributed by atoms with Gasteiger partial charge in [0.15, 0.2) is 0 Å². The third kappa shape index (κ3) is 6.39. The van der Waals surface area contributed by atoms with Crippen LogP contribution in [0.1, 0.15) is 46.4 Å². The van der Waals surface area contributed by atoms with Crippen molar-refractivity contribution >= 4 is 23.4 Å². The molecule has 2 aliphatic heterocycles. The van der Waals surface area contributed by atoms with Gasteiger partial charge >= 0.3 is 0 Å². The maximum Gasteiger partial charge on any atom is 0.256 e. The SMILES string of the molecule is COc1ccc(C(=O)Nc2ccccc2C(=O)N2CCN(CC(=O)N3CCCCCC3)CC2)cc1. The van der Waals surface area contributed by atoms with Crippen molar-refractivity contribution in [3.8, 4) is 5.75 Å². The topological polar surface area (TPSA) is 82.2 Å². The molecular formula is C27H34N4O4. The molecule has 2 aliphatic rings. The zero-order valence-electron chi connectivity index (χ0n) is 20.4. The third-order valence-electron chi connectivity index (χ3n) is 6.74. The smallest absolute Gasteiger partial charge is 0.256 e. The predicted molar refractivity (Wildman–Crippen MR) is 135 cm³/mol. The molecule has 0 aromatic heterocycles. The first-order chi connectivity index (χ1) is 17.0. The summed E-state index contributed by atoms with van der Waals surface area (Å²) in [6.45, 7) is 4.54. The van der Waals surface area contributed by atoms with Gasteiger partial charge in [-0.25, -0.2) is 0 Å². The van der Waals surface area contributed by atoms with E-state index >= 15 is 0 Å². The fourth-order valence-electron chi connectivity index (χ4n) is 4.61. The van der Waals surface area contributed by atoms with Gasteiger partial charge in [-0.1, -0.05) is 25.0 Å². The summed E-state index contributed by atoms with van der Waals surface area (Å²) in [6.07, 6.45) is 4.57. The number of carbonyl (C=O) groups excluding carboxylic acids is 3. The second-order valence-corrected chi connectivity index (χ2v) is 9.09. The lowest BCUT2D eigenvalue weighted by molar-refractivity contribution is -0.132. The van der Waals surface area contributed by atoms with Crippen LogP contribution in [0.5, 0.6) is 5.75 Å². The Morgan fingerprint density at radius 1 is 0.800 bits per heavy atom. The van der Waals surface area contributed by atoms with E-state index in [9.17, 15) is 14.4 Å². The summed E-state index contributed by atoms with van der Waals surface area (Å²) in [5.41, 5.74) is 1.43. The van der Waals surface area contributed by atoms with E-state index in [1.807, 2.05) is 4.90 Å². The number of rotatable bonds is 6. The summed E-state index contributed by atoms with van der Waals surface area (Å²) < 4.78 is 5.14. The number of para-hydroxylation sites is 1. The number of anilines is 1. The molecule has 0 saturated carbocycles. The molecule has 3 amide bonds. The number of likely N-dealkylation sites (tertiary alicyclic amines) is 1. The maximum atomic E-state index is 13.3. The molecule has 2 aromatic rings. The van der Waals surface area contributed by atoms with Gasteiger partial charge in [-0.15, -0.1) is 0 Å². The molecule has 0 bridgehead atoms. The molecule has 2 heterocycles. The highest BCUT2D eigenvalue weighted by atomic mass is 16.5. The van der Waals surface area contributed by atoms with Crippen molar-refractivity contribution in [2.24, 2.45) is 0 Å². The van der Waals surface area contributed by atoms with Crippen molar-refractivity contribution < 1.29 is 19.1 Å². The molecule has 8 heteroatoms. The van der Waals surface area contributed by atoms with E-state index in [1.165, 1.54) is 12.8 Å². The molecule has 186 valence electrons. The van der Waals surface area contributed by atoms with Crippen LogP contribution in [0.3, 0.4) is 0 Å². The molecule has 2 saturated heterocycles. The molecule has 35 heavy (non-hydrogen) atoms. The normalized spacial score (nSPS) is 16.9. The van der Waals surface area contributed by atoms with Crippen molar-refractivity contribution in [3.63, 3.8) is 0 Å². The van der Waals surface area contributed by atoms with E-state index in [4.69, 9.17) is 4.74 Å². The Labute approximate surface area is 206 Å². The Bertz CT molecular complexity index is 1020. The monoisotopic (exact) mass is 478 g/mol. The maximum absolute atomic E-state index is 13.3. The summed E-state index contributed by atoms with van der Waals surface area (Å²) >= 11 is 0. The Kier molecular flexibility index (Phi) is 8.36. The van der Waals surface area contributed by atoms with Crippen LogP contribution in [0.4, 0.5) is 5.69 Å². The number of nitrogens with zero attached hydrogens (tertiary/aromatic N) is 3. The average Bonchev–Trinajstić information content (AvgIpc) is 3.19. The molecular weight excluding hydrogens is 444 g/mol. The lowest BCUT2D eigenvalue weighted by Crippen LogP contribution is -2.51. The number of nitrogens with one attached hydrogen (secondary N) is 1. The molecule has 1 N–H and O–H groups in total. The van der Waals surface area contributed by atoms with Crippen molar-refractivity contribution in [3.05, 3.63) is 59.7 Å². The minimum Gasteiger partial charge on any atom is -0.497 e. The van der Waals surface area contributed by atoms with E-state index in [-0.39, 0.29) is 17.7 Å². The highest BCUT2D eigenvalue weighted by Crippen LogP contribution is 2.20. The van der Waals surface area contributed by atoms with Gasteiger partial charge in [-0.2, -0.15) is 0 Å². The standard InChI is InChI=1S/C27H34N4O4/c1-35-22-12-10-21(11-13-22)26(33)28-24-9-5-4-8-23(24)27(34)31-18-16-29(17-19-31)20-25(32)30-14-6-2-3-7-15-30/h4-5,8-13H,2-3,6-7,14-20H2,1H3,(H,28,33). The number of hydrogen-bond acceptors (Lipinski definition) is 5. The number of ether oxygens (including phenoxy) is 1. The fraction of sp³-hybridized carbons (Fsp3) is 0.444. The summed E-state index contributed by atoms with van der Waals surface area (Å²) in [5, 5.41) is 2.87. The minimum absolute atomic E-state index is 0.117. The lowest BCUT2D eigenvalue weighted by atomic mass is 10.1. The molecule has 8 nitrogen and oxygen atoms in total. The van der Waals surface area contributed by atoms with Crippen LogP contribution < -0.4 is 10.1 Å². The van der Waals surface area contributed by atoms with Crippen molar-refractivity contribution in [2.75, 3.05) is 58.2 Å². The number of amides is 3. The average molecular weight is 479 g/mol. The van der Waals surface area contributed by atoms with E-state index in [0.717, 1.165) is 25.9 Å². The Morgan fingerprint density at radius 2 is 1.46 bits per heavy atom. The second-order valence-electron chi connectivity index (χ2n) is 9.09. The van der Waals surface area contributed by atoms with Crippen LogP contribution in [-0.2, 0) is 4.79 Å². The third-order valence-corrected chi connectivity index (χ3v) is 6.74. The molecule has 2 fully saturated rings. The number of carbonyl (C=O) groups is 3. The molecule has 0 aliphatic carbocycles. The Morgan fingerprint density at radius 3 is 2.11 bits per heavy atom. The van der Waals surface area contributed by atoms with Gasteiger partial charge in [0.2, 0.25) is 5.91 Å². The van der Waals surface area contributed by atoms with Gasteiger partial charge in [0.05, 0.1) is 24.9 Å². The van der Waals surface area contributed by atoms with Crippen molar-refractivity contribution in [2.45, 2.75) is 25.7 Å². The van der Waals surface area contributed by atoms with E-state index in [1.54, 1.807) is 60.5 Å². The van der Waals surface area contributed by atoms with E-state index in [0.29, 0.717) is 55.3 Å². The zero-order chi connectivity index (χ0) is 24.6. The Hall–Kier alpha value is -3.39. The predicted octanol–water partition coefficient (Wildman–Crippen LogP) is 3.11. The summed E-state index contributed by atoms with van der Waals surface area (Å²) in [4.78, 5) is 44.7. The minimum atomic E-state index is -0.287. The number of piperazine rings is 1. The van der Waals surface area contributed by atoms with Gasteiger partial charge in [0, 0.05) is 44.8 Å². The van der Waals surface area contributed by atoms with Crippen LogP contribution in [-0.4, -0.2) is 85.3 Å². The van der Waals surface area contributed by atoms with Crippen LogP contribution in [0.25, 0.3) is 0 Å². The van der Waals surface area contributed by atoms with Gasteiger partial charge in [0.1, 0.15) is 5.75 Å². The lowest BCUT2D eigenvalue weighted by Gasteiger charge is -2.35. The van der Waals surface area contributed by atoms with Gasteiger partial charge < -0.3 is 19.9 Å². The number of methoxy groups -OCH3 is 1. The van der Waals surface area contributed by atoms with Crippen LogP contribution in [0, 0.1) is 0 Å². The van der Waals surface area contributed by atoms with Gasteiger partial charge in [-0.05, 0) is 49.2 Å². The second kappa shape index (κ2) is 11.8. The van der Waals surface area contributed by atoms with Gasteiger partial charge in [0.25, 0.3) is 11.8 Å². The van der Waals surface area contributed by atoms with E-state index < -0.39 is 0 Å². The van der Waals surface area contributed by atoms with Gasteiger partial charge in [-0.3, -0.25) is 19.3 Å². The first-order valence-electron chi connectivity index (χ1n) is 12.4. The largest absolute Gasteiger partial charge is 0.497 e. The summed E-state index contributed by atoms with van der Waals surface area (Å²) in [6, 6.07) is 13.9. The molecule has 0 radical (unpaired) electrons. The summed E-state index contributed by atoms with van der Waals surface area (Å²) in [7, 11) is 1.57. The first-order valence-corrected chi connectivity index (χ1v) is 12.4. The highest BCUT2D eigenvalue weighted by Gasteiger charge is 2.26. The first kappa shape index (κ1) is 24.7.